The zero-order valence-corrected chi connectivity index (χ0v) is 12.3. The highest BCUT2D eigenvalue weighted by Crippen LogP contribution is 2.50. The first-order valence-corrected chi connectivity index (χ1v) is 6.22. The van der Waals surface area contributed by atoms with Gasteiger partial charge in [-0.1, -0.05) is 22.0 Å². The third kappa shape index (κ3) is 3.33. The molecule has 1 rings (SSSR count). The van der Waals surface area contributed by atoms with Gasteiger partial charge in [-0.25, -0.2) is 4.79 Å². The first kappa shape index (κ1) is 17.8. The third-order valence-corrected chi connectivity index (χ3v) is 3.97. The quantitative estimate of drug-likeness (QED) is 0.328. The van der Waals surface area contributed by atoms with E-state index in [1.54, 1.807) is 13.8 Å². The second-order valence-electron chi connectivity index (χ2n) is 4.29. The predicted octanol–water partition coefficient (Wildman–Crippen LogP) is 4.47. The van der Waals surface area contributed by atoms with Crippen molar-refractivity contribution < 1.29 is 35.9 Å². The number of rotatable bonds is 2. The minimum absolute atomic E-state index is 0.402. The molecule has 118 valence electrons. The lowest BCUT2D eigenvalue weighted by Crippen LogP contribution is -2.59. The molecule has 0 heterocycles. The van der Waals surface area contributed by atoms with E-state index < -0.39 is 28.4 Å². The molecule has 0 aliphatic carbocycles. The molecule has 0 atom stereocenters. The number of esters is 1. The molecular weight excluding hydrogens is 370 g/mol. The number of hydrogen-bond donors (Lipinski definition) is 0. The van der Waals surface area contributed by atoms with Gasteiger partial charge in [-0.15, -0.1) is 0 Å². The predicted molar refractivity (Wildman–Crippen MR) is 65.3 cm³/mol. The summed E-state index contributed by atoms with van der Waals surface area (Å²) in [5.41, 5.74) is 1.30. The lowest BCUT2D eigenvalue weighted by atomic mass is 10.1. The summed E-state index contributed by atoms with van der Waals surface area (Å²) in [5, 5.41) is 0. The van der Waals surface area contributed by atoms with Gasteiger partial charge in [-0.2, -0.15) is 26.3 Å². The van der Waals surface area contributed by atoms with E-state index in [1.165, 1.54) is 28.1 Å². The largest absolute Gasteiger partial charge is 0.425 e. The number of alkyl halides is 7. The molecule has 0 aliphatic rings. The van der Waals surface area contributed by atoms with Crippen molar-refractivity contribution >= 4 is 21.9 Å². The molecule has 1 aromatic carbocycles. The van der Waals surface area contributed by atoms with Crippen molar-refractivity contribution in [3.05, 3.63) is 29.3 Å². The molecule has 0 unspecified atom stereocenters. The van der Waals surface area contributed by atoms with Crippen LogP contribution in [0.4, 0.5) is 26.3 Å². The van der Waals surface area contributed by atoms with Gasteiger partial charge in [0.25, 0.3) is 0 Å². The fourth-order valence-electron chi connectivity index (χ4n) is 1.35. The van der Waals surface area contributed by atoms with Crippen molar-refractivity contribution in [3.63, 3.8) is 0 Å². The van der Waals surface area contributed by atoms with E-state index in [0.717, 1.165) is 11.6 Å². The van der Waals surface area contributed by atoms with Gasteiger partial charge in [-0.05, 0) is 37.1 Å². The Morgan fingerprint density at radius 2 is 1.48 bits per heavy atom. The molecular formula is C12H9BrF6O2. The van der Waals surface area contributed by atoms with Crippen LogP contribution >= 0.6 is 15.9 Å². The minimum Gasteiger partial charge on any atom is -0.425 e. The van der Waals surface area contributed by atoms with E-state index in [9.17, 15) is 31.1 Å². The van der Waals surface area contributed by atoms with E-state index in [-0.39, 0.29) is 0 Å². The average molecular weight is 379 g/mol. The minimum atomic E-state index is -5.90. The Hall–Kier alpha value is -1.25. The summed E-state index contributed by atoms with van der Waals surface area (Å²) in [6.07, 6.45) is -11.8. The van der Waals surface area contributed by atoms with Crippen molar-refractivity contribution in [3.8, 4) is 5.75 Å². The van der Waals surface area contributed by atoms with Gasteiger partial charge < -0.3 is 4.74 Å². The van der Waals surface area contributed by atoms with Crippen LogP contribution in [-0.2, 0) is 4.79 Å². The van der Waals surface area contributed by atoms with Gasteiger partial charge in [-0.3, -0.25) is 0 Å². The Balaban J connectivity index is 3.17. The molecule has 0 aromatic heterocycles. The average Bonchev–Trinajstić information content (AvgIpc) is 2.29. The molecule has 2 nitrogen and oxygen atoms in total. The van der Waals surface area contributed by atoms with Crippen molar-refractivity contribution in [2.75, 3.05) is 0 Å². The highest BCUT2D eigenvalue weighted by Gasteiger charge is 2.75. The Morgan fingerprint density at radius 3 is 1.86 bits per heavy atom. The van der Waals surface area contributed by atoms with Crippen LogP contribution in [0, 0.1) is 13.8 Å². The smallest absolute Gasteiger partial charge is 0.423 e. The Labute approximate surface area is 124 Å². The molecule has 0 amide bonds. The van der Waals surface area contributed by atoms with Crippen LogP contribution in [0.1, 0.15) is 11.1 Å². The fourth-order valence-corrected chi connectivity index (χ4v) is 1.43. The zero-order chi connectivity index (χ0) is 16.6. The molecule has 0 saturated heterocycles. The van der Waals surface area contributed by atoms with Gasteiger partial charge in [0.1, 0.15) is 5.75 Å². The maximum absolute atomic E-state index is 12.6. The second kappa shape index (κ2) is 5.51. The summed E-state index contributed by atoms with van der Waals surface area (Å²) in [7, 11) is 0. The zero-order valence-electron chi connectivity index (χ0n) is 10.7. The first-order valence-electron chi connectivity index (χ1n) is 5.42. The Morgan fingerprint density at radius 1 is 1.00 bits per heavy atom. The van der Waals surface area contributed by atoms with Crippen LogP contribution in [0.25, 0.3) is 0 Å². The topological polar surface area (TPSA) is 26.3 Å². The summed E-state index contributed by atoms with van der Waals surface area (Å²) < 4.78 is 75.2. The summed E-state index contributed by atoms with van der Waals surface area (Å²) in [6, 6.07) is 3.70. The fraction of sp³-hybridized carbons (Fsp3) is 0.417. The number of ether oxygens (including phenoxy) is 1. The van der Waals surface area contributed by atoms with E-state index in [4.69, 9.17) is 0 Å². The van der Waals surface area contributed by atoms with Crippen LogP contribution in [0.3, 0.4) is 0 Å². The maximum atomic E-state index is 12.6. The molecule has 0 spiro atoms. The van der Waals surface area contributed by atoms with Crippen molar-refractivity contribution in [1.29, 1.82) is 0 Å². The highest BCUT2D eigenvalue weighted by atomic mass is 79.9. The standard InChI is InChI=1S/C12H9BrF6O2/c1-6-3-4-8(5-7(6)2)21-9(20)10(13,11(14,15)16)12(17,18)19/h3-5H,1-2H3. The molecule has 0 saturated carbocycles. The first-order chi connectivity index (χ1) is 9.30. The number of halogens is 7. The van der Waals surface area contributed by atoms with Crippen molar-refractivity contribution in [1.82, 2.24) is 0 Å². The Kier molecular flexibility index (Phi) is 4.67. The van der Waals surface area contributed by atoms with E-state index in [0.29, 0.717) is 5.56 Å². The van der Waals surface area contributed by atoms with Crippen LogP contribution in [0.2, 0.25) is 0 Å². The van der Waals surface area contributed by atoms with Crippen LogP contribution in [-0.4, -0.2) is 22.6 Å². The number of carbonyl (C=O) groups excluding carboxylic acids is 1. The molecule has 9 heteroatoms. The van der Waals surface area contributed by atoms with Gasteiger partial charge in [0, 0.05) is 0 Å². The normalized spacial score (nSPS) is 13.2. The summed E-state index contributed by atoms with van der Waals surface area (Å²) in [4.78, 5) is 11.4. The van der Waals surface area contributed by atoms with E-state index >= 15 is 0 Å². The SMILES string of the molecule is Cc1ccc(OC(=O)C(Br)(C(F)(F)F)C(F)(F)F)cc1C. The van der Waals surface area contributed by atoms with Gasteiger partial charge in [0.2, 0.25) is 0 Å². The molecule has 0 fully saturated rings. The van der Waals surface area contributed by atoms with Gasteiger partial charge >= 0.3 is 22.6 Å². The molecule has 1 aromatic rings. The lowest BCUT2D eigenvalue weighted by molar-refractivity contribution is -0.259. The molecule has 0 aliphatic heterocycles. The van der Waals surface area contributed by atoms with Gasteiger partial charge in [0.15, 0.2) is 0 Å². The van der Waals surface area contributed by atoms with Crippen LogP contribution in [0.15, 0.2) is 18.2 Å². The van der Waals surface area contributed by atoms with Crippen LogP contribution < -0.4 is 4.74 Å². The summed E-state index contributed by atoms with van der Waals surface area (Å²) in [6.45, 7) is 3.25. The van der Waals surface area contributed by atoms with Gasteiger partial charge in [0.05, 0.1) is 0 Å². The monoisotopic (exact) mass is 378 g/mol. The molecule has 0 N–H and O–H groups in total. The second-order valence-corrected chi connectivity index (χ2v) is 5.48. The number of benzene rings is 1. The number of carbonyl (C=O) groups is 1. The van der Waals surface area contributed by atoms with Crippen molar-refractivity contribution in [2.24, 2.45) is 0 Å². The van der Waals surface area contributed by atoms with E-state index in [1.807, 2.05) is 0 Å². The number of aryl methyl sites for hydroxylation is 2. The summed E-state index contributed by atoms with van der Waals surface area (Å²) in [5.74, 6) is -2.90. The lowest BCUT2D eigenvalue weighted by Gasteiger charge is -2.29. The molecule has 0 radical (unpaired) electrons. The van der Waals surface area contributed by atoms with E-state index in [2.05, 4.69) is 4.74 Å². The van der Waals surface area contributed by atoms with Crippen molar-refractivity contribution in [2.45, 2.75) is 30.5 Å². The van der Waals surface area contributed by atoms with Crippen LogP contribution in [0.5, 0.6) is 5.75 Å². The third-order valence-electron chi connectivity index (χ3n) is 2.75. The molecule has 0 bridgehead atoms. The maximum Gasteiger partial charge on any atom is 0.423 e. The summed E-state index contributed by atoms with van der Waals surface area (Å²) >= 11 is 1.46. The number of hydrogen-bond acceptors (Lipinski definition) is 2. The Bertz CT molecular complexity index is 536. The highest BCUT2D eigenvalue weighted by molar-refractivity contribution is 9.10. The molecule has 21 heavy (non-hydrogen) atoms.